The van der Waals surface area contributed by atoms with Crippen molar-refractivity contribution in [1.82, 2.24) is 4.98 Å². The van der Waals surface area contributed by atoms with Crippen LogP contribution >= 0.6 is 0 Å². The second-order valence-electron chi connectivity index (χ2n) is 4.93. The molecule has 0 aromatic carbocycles. The molecule has 100 valence electrons. The molecule has 4 nitrogen and oxygen atoms in total. The van der Waals surface area contributed by atoms with Gasteiger partial charge >= 0.3 is 0 Å². The van der Waals surface area contributed by atoms with Crippen molar-refractivity contribution < 1.29 is 9.84 Å². The van der Waals surface area contributed by atoms with E-state index in [2.05, 4.69) is 16.8 Å². The van der Waals surface area contributed by atoms with Crippen molar-refractivity contribution in [3.63, 3.8) is 0 Å². The first-order chi connectivity index (χ1) is 8.77. The zero-order chi connectivity index (χ0) is 13.0. The van der Waals surface area contributed by atoms with Crippen LogP contribution in [0.25, 0.3) is 0 Å². The number of hydrogen-bond donors (Lipinski definition) is 1. The minimum atomic E-state index is 0.0318. The molecule has 0 aliphatic heterocycles. The molecule has 1 N–H and O–H groups in total. The Morgan fingerprint density at radius 3 is 2.94 bits per heavy atom. The zero-order valence-electron chi connectivity index (χ0n) is 11.2. The van der Waals surface area contributed by atoms with E-state index in [9.17, 15) is 5.11 Å². The largest absolute Gasteiger partial charge is 0.392 e. The van der Waals surface area contributed by atoms with Crippen LogP contribution in [0.4, 0.5) is 5.69 Å². The van der Waals surface area contributed by atoms with Gasteiger partial charge in [0, 0.05) is 43.3 Å². The van der Waals surface area contributed by atoms with E-state index in [0.717, 1.165) is 23.7 Å². The van der Waals surface area contributed by atoms with Crippen molar-refractivity contribution >= 4 is 5.69 Å². The van der Waals surface area contributed by atoms with Crippen molar-refractivity contribution in [1.29, 1.82) is 0 Å². The van der Waals surface area contributed by atoms with Crippen molar-refractivity contribution in [2.45, 2.75) is 32.4 Å². The standard InChI is InChI=1S/C14H22N2O2/c1-11(12-3-4-12)16(7-8-18-2)14-5-6-15-9-13(14)10-17/h5-6,9,11-12,17H,3-4,7-8,10H2,1-2H3. The molecule has 1 aliphatic rings. The molecule has 2 rings (SSSR count). The van der Waals surface area contributed by atoms with Crippen LogP contribution in [-0.2, 0) is 11.3 Å². The van der Waals surface area contributed by atoms with E-state index < -0.39 is 0 Å². The first kappa shape index (κ1) is 13.3. The maximum absolute atomic E-state index is 9.43. The fourth-order valence-electron chi connectivity index (χ4n) is 2.39. The van der Waals surface area contributed by atoms with Gasteiger partial charge in [0.2, 0.25) is 0 Å². The summed E-state index contributed by atoms with van der Waals surface area (Å²) in [5.41, 5.74) is 1.98. The summed E-state index contributed by atoms with van der Waals surface area (Å²) >= 11 is 0. The Morgan fingerprint density at radius 1 is 1.56 bits per heavy atom. The van der Waals surface area contributed by atoms with Crippen LogP contribution in [0, 0.1) is 5.92 Å². The van der Waals surface area contributed by atoms with Crippen molar-refractivity contribution in [2.24, 2.45) is 5.92 Å². The van der Waals surface area contributed by atoms with Gasteiger partial charge in [-0.05, 0) is 31.7 Å². The summed E-state index contributed by atoms with van der Waals surface area (Å²) < 4.78 is 5.20. The number of aromatic nitrogens is 1. The molecule has 1 aliphatic carbocycles. The van der Waals surface area contributed by atoms with Gasteiger partial charge in [-0.1, -0.05) is 0 Å². The van der Waals surface area contributed by atoms with Crippen LogP contribution in [0.1, 0.15) is 25.3 Å². The topological polar surface area (TPSA) is 45.6 Å². The second-order valence-corrected chi connectivity index (χ2v) is 4.93. The molecule has 1 heterocycles. The Labute approximate surface area is 109 Å². The van der Waals surface area contributed by atoms with E-state index in [1.54, 1.807) is 19.5 Å². The molecule has 1 aromatic rings. The highest BCUT2D eigenvalue weighted by molar-refractivity contribution is 5.53. The zero-order valence-corrected chi connectivity index (χ0v) is 11.2. The first-order valence-corrected chi connectivity index (χ1v) is 6.57. The predicted molar refractivity (Wildman–Crippen MR) is 71.6 cm³/mol. The molecule has 0 bridgehead atoms. The highest BCUT2D eigenvalue weighted by Gasteiger charge is 2.32. The number of aliphatic hydroxyl groups is 1. The Kier molecular flexibility index (Phi) is 4.55. The van der Waals surface area contributed by atoms with Gasteiger partial charge in [0.05, 0.1) is 13.2 Å². The number of methoxy groups -OCH3 is 1. The van der Waals surface area contributed by atoms with E-state index in [1.807, 2.05) is 6.07 Å². The fraction of sp³-hybridized carbons (Fsp3) is 0.643. The summed E-state index contributed by atoms with van der Waals surface area (Å²) in [4.78, 5) is 6.42. The number of aliphatic hydroxyl groups excluding tert-OH is 1. The Bertz CT molecular complexity index is 380. The van der Waals surface area contributed by atoms with Crippen LogP contribution in [0.2, 0.25) is 0 Å². The number of rotatable bonds is 7. The maximum Gasteiger partial charge on any atom is 0.0717 e. The molecule has 1 aromatic heterocycles. The molecule has 18 heavy (non-hydrogen) atoms. The Balaban J connectivity index is 2.20. The average molecular weight is 250 g/mol. The van der Waals surface area contributed by atoms with Crippen LogP contribution in [0.3, 0.4) is 0 Å². The van der Waals surface area contributed by atoms with E-state index in [0.29, 0.717) is 12.6 Å². The van der Waals surface area contributed by atoms with Gasteiger partial charge in [-0.15, -0.1) is 0 Å². The molecule has 0 saturated heterocycles. The lowest BCUT2D eigenvalue weighted by Gasteiger charge is -2.32. The summed E-state index contributed by atoms with van der Waals surface area (Å²) in [6.07, 6.45) is 6.15. The van der Waals surface area contributed by atoms with Crippen LogP contribution in [0.15, 0.2) is 18.5 Å². The lowest BCUT2D eigenvalue weighted by Crippen LogP contribution is -2.38. The lowest BCUT2D eigenvalue weighted by molar-refractivity contribution is 0.202. The summed E-state index contributed by atoms with van der Waals surface area (Å²) in [5.74, 6) is 0.779. The summed E-state index contributed by atoms with van der Waals surface area (Å²) in [7, 11) is 1.72. The fourth-order valence-corrected chi connectivity index (χ4v) is 2.39. The quantitative estimate of drug-likeness (QED) is 0.802. The minimum absolute atomic E-state index is 0.0318. The third kappa shape index (κ3) is 3.00. The van der Waals surface area contributed by atoms with Gasteiger partial charge in [-0.25, -0.2) is 0 Å². The van der Waals surface area contributed by atoms with Gasteiger partial charge in [0.1, 0.15) is 0 Å². The highest BCUT2D eigenvalue weighted by atomic mass is 16.5. The Morgan fingerprint density at radius 2 is 2.33 bits per heavy atom. The number of nitrogens with zero attached hydrogens (tertiary/aromatic N) is 2. The first-order valence-electron chi connectivity index (χ1n) is 6.57. The molecule has 1 atom stereocenters. The molecule has 0 amide bonds. The van der Waals surface area contributed by atoms with Crippen LogP contribution in [0.5, 0.6) is 0 Å². The number of pyridine rings is 1. The average Bonchev–Trinajstić information content (AvgIpc) is 3.23. The molecule has 1 saturated carbocycles. The second kappa shape index (κ2) is 6.16. The van der Waals surface area contributed by atoms with Crippen LogP contribution in [-0.4, -0.2) is 36.4 Å². The molecular weight excluding hydrogens is 228 g/mol. The summed E-state index contributed by atoms with van der Waals surface area (Å²) in [6.45, 7) is 3.84. The van der Waals surface area contributed by atoms with E-state index in [-0.39, 0.29) is 6.61 Å². The molecule has 1 fully saturated rings. The van der Waals surface area contributed by atoms with Crippen molar-refractivity contribution in [3.8, 4) is 0 Å². The van der Waals surface area contributed by atoms with E-state index >= 15 is 0 Å². The van der Waals surface area contributed by atoms with Gasteiger partial charge in [-0.2, -0.15) is 0 Å². The molecule has 4 heteroatoms. The smallest absolute Gasteiger partial charge is 0.0717 e. The monoisotopic (exact) mass is 250 g/mol. The van der Waals surface area contributed by atoms with Gasteiger partial charge in [0.25, 0.3) is 0 Å². The van der Waals surface area contributed by atoms with E-state index in [1.165, 1.54) is 12.8 Å². The molecular formula is C14H22N2O2. The van der Waals surface area contributed by atoms with Gasteiger partial charge < -0.3 is 14.7 Å². The van der Waals surface area contributed by atoms with Crippen LogP contribution < -0.4 is 4.90 Å². The number of ether oxygens (including phenoxy) is 1. The third-order valence-corrected chi connectivity index (χ3v) is 3.69. The summed E-state index contributed by atoms with van der Waals surface area (Å²) in [5, 5.41) is 9.43. The molecule has 1 unspecified atom stereocenters. The maximum atomic E-state index is 9.43. The number of anilines is 1. The predicted octanol–water partition coefficient (Wildman–Crippen LogP) is 1.83. The van der Waals surface area contributed by atoms with Crippen molar-refractivity contribution in [2.75, 3.05) is 25.2 Å². The normalized spacial score (nSPS) is 16.6. The number of hydrogen-bond acceptors (Lipinski definition) is 4. The lowest BCUT2D eigenvalue weighted by atomic mass is 10.1. The van der Waals surface area contributed by atoms with Gasteiger partial charge in [0.15, 0.2) is 0 Å². The highest BCUT2D eigenvalue weighted by Crippen LogP contribution is 2.37. The van der Waals surface area contributed by atoms with Crippen molar-refractivity contribution in [3.05, 3.63) is 24.0 Å². The van der Waals surface area contributed by atoms with E-state index in [4.69, 9.17) is 4.74 Å². The molecule has 0 spiro atoms. The molecule has 0 radical (unpaired) electrons. The summed E-state index contributed by atoms with van der Waals surface area (Å²) in [6, 6.07) is 2.48. The third-order valence-electron chi connectivity index (χ3n) is 3.69. The SMILES string of the molecule is COCCN(c1ccncc1CO)C(C)C1CC1. The Hall–Kier alpha value is -1.13. The van der Waals surface area contributed by atoms with Gasteiger partial charge in [-0.3, -0.25) is 4.98 Å². The minimum Gasteiger partial charge on any atom is -0.392 e.